The lowest BCUT2D eigenvalue weighted by Gasteiger charge is -2.32. The molecule has 0 aliphatic heterocycles. The normalized spacial score (nSPS) is 30.3. The molecule has 0 spiro atoms. The maximum absolute atomic E-state index is 3.86. The Bertz CT molecular complexity index is 345. The van der Waals surface area contributed by atoms with Crippen LogP contribution in [0.5, 0.6) is 0 Å². The summed E-state index contributed by atoms with van der Waals surface area (Å²) in [6.07, 6.45) is 5.36. The van der Waals surface area contributed by atoms with Gasteiger partial charge in [-0.2, -0.15) is 0 Å². The fraction of sp³-hybridized carbons (Fsp3) is 0.600. The Morgan fingerprint density at radius 1 is 1.25 bits per heavy atom. The summed E-state index contributed by atoms with van der Waals surface area (Å²) in [5.74, 6) is 1.73. The monoisotopic (exact) mass is 280 g/mol. The van der Waals surface area contributed by atoms with Crippen molar-refractivity contribution >= 4 is 15.9 Å². The van der Waals surface area contributed by atoms with E-state index in [9.17, 15) is 0 Å². The average Bonchev–Trinajstić information content (AvgIpc) is 2.27. The molecule has 3 unspecified atom stereocenters. The molecule has 88 valence electrons. The van der Waals surface area contributed by atoms with E-state index in [0.29, 0.717) is 0 Å². The molecule has 0 heterocycles. The fourth-order valence-electron chi connectivity index (χ4n) is 2.79. The van der Waals surface area contributed by atoms with Crippen LogP contribution < -0.4 is 0 Å². The first-order valence-corrected chi connectivity index (χ1v) is 7.27. The highest BCUT2D eigenvalue weighted by Crippen LogP contribution is 2.35. The molecule has 0 saturated heterocycles. The van der Waals surface area contributed by atoms with E-state index in [0.717, 1.165) is 16.7 Å². The fourth-order valence-corrected chi connectivity index (χ4v) is 3.46. The Morgan fingerprint density at radius 3 is 2.75 bits per heavy atom. The van der Waals surface area contributed by atoms with Gasteiger partial charge in [0, 0.05) is 4.83 Å². The maximum Gasteiger partial charge on any atom is 0.0177 e. The zero-order valence-corrected chi connectivity index (χ0v) is 11.8. The van der Waals surface area contributed by atoms with Crippen molar-refractivity contribution in [3.8, 4) is 0 Å². The van der Waals surface area contributed by atoms with Gasteiger partial charge in [-0.25, -0.2) is 0 Å². The number of rotatable bonds is 2. The van der Waals surface area contributed by atoms with Crippen LogP contribution in [0.25, 0.3) is 0 Å². The summed E-state index contributed by atoms with van der Waals surface area (Å²) in [4.78, 5) is 0.725. The summed E-state index contributed by atoms with van der Waals surface area (Å²) in [7, 11) is 0. The standard InChI is InChI=1S/C15H21Br/c1-11-7-8-15(16)14(9-11)10-13-6-4-3-5-12(13)2/h3-6,11,14-15H,7-10H2,1-2H3. The lowest BCUT2D eigenvalue weighted by Crippen LogP contribution is -2.25. The quantitative estimate of drug-likeness (QED) is 0.687. The zero-order chi connectivity index (χ0) is 11.5. The van der Waals surface area contributed by atoms with Gasteiger partial charge in [-0.15, -0.1) is 0 Å². The first-order valence-electron chi connectivity index (χ1n) is 6.35. The van der Waals surface area contributed by atoms with Crippen LogP contribution in [0.2, 0.25) is 0 Å². The van der Waals surface area contributed by atoms with E-state index in [1.54, 1.807) is 0 Å². The Morgan fingerprint density at radius 2 is 2.00 bits per heavy atom. The average molecular weight is 281 g/mol. The lowest BCUT2D eigenvalue weighted by molar-refractivity contribution is 0.294. The number of halogens is 1. The summed E-state index contributed by atoms with van der Waals surface area (Å²) in [5, 5.41) is 0. The van der Waals surface area contributed by atoms with Crippen LogP contribution in [-0.4, -0.2) is 4.83 Å². The SMILES string of the molecule is Cc1ccccc1CC1CC(C)CCC1Br. The largest absolute Gasteiger partial charge is 0.0888 e. The van der Waals surface area contributed by atoms with Crippen LogP contribution in [0, 0.1) is 18.8 Å². The Hall–Kier alpha value is -0.300. The van der Waals surface area contributed by atoms with Crippen molar-refractivity contribution in [1.29, 1.82) is 0 Å². The maximum atomic E-state index is 3.86. The molecule has 3 atom stereocenters. The van der Waals surface area contributed by atoms with Gasteiger partial charge in [0.2, 0.25) is 0 Å². The van der Waals surface area contributed by atoms with Crippen molar-refractivity contribution in [2.45, 2.75) is 44.4 Å². The molecule has 1 heteroatoms. The van der Waals surface area contributed by atoms with E-state index in [1.807, 2.05) is 0 Å². The third-order valence-electron chi connectivity index (χ3n) is 3.90. The van der Waals surface area contributed by atoms with Crippen LogP contribution in [0.3, 0.4) is 0 Å². The first kappa shape index (κ1) is 12.2. The first-order chi connectivity index (χ1) is 7.66. The summed E-state index contributed by atoms with van der Waals surface area (Å²) in [6.45, 7) is 4.62. The molecule has 2 rings (SSSR count). The van der Waals surface area contributed by atoms with Crippen molar-refractivity contribution in [2.24, 2.45) is 11.8 Å². The van der Waals surface area contributed by atoms with Crippen molar-refractivity contribution < 1.29 is 0 Å². The van der Waals surface area contributed by atoms with Crippen LogP contribution in [0.15, 0.2) is 24.3 Å². The highest BCUT2D eigenvalue weighted by Gasteiger charge is 2.26. The Balaban J connectivity index is 2.06. The van der Waals surface area contributed by atoms with E-state index in [2.05, 4.69) is 54.0 Å². The van der Waals surface area contributed by atoms with Crippen molar-refractivity contribution in [2.75, 3.05) is 0 Å². The molecule has 16 heavy (non-hydrogen) atoms. The molecule has 1 aromatic carbocycles. The zero-order valence-electron chi connectivity index (χ0n) is 10.2. The molecule has 1 fully saturated rings. The van der Waals surface area contributed by atoms with Gasteiger partial charge in [-0.05, 0) is 55.6 Å². The van der Waals surface area contributed by atoms with Gasteiger partial charge in [-0.1, -0.05) is 47.1 Å². The molecule has 0 amide bonds. The summed E-state index contributed by atoms with van der Waals surface area (Å²) < 4.78 is 0. The Kier molecular flexibility index (Phi) is 4.07. The van der Waals surface area contributed by atoms with Crippen LogP contribution >= 0.6 is 15.9 Å². The minimum absolute atomic E-state index is 0.725. The highest BCUT2D eigenvalue weighted by molar-refractivity contribution is 9.09. The second kappa shape index (κ2) is 5.35. The van der Waals surface area contributed by atoms with Gasteiger partial charge in [-0.3, -0.25) is 0 Å². The number of hydrogen-bond donors (Lipinski definition) is 0. The van der Waals surface area contributed by atoms with Gasteiger partial charge in [0.15, 0.2) is 0 Å². The minimum Gasteiger partial charge on any atom is -0.0888 e. The van der Waals surface area contributed by atoms with Crippen LogP contribution in [-0.2, 0) is 6.42 Å². The second-order valence-electron chi connectivity index (χ2n) is 5.32. The van der Waals surface area contributed by atoms with E-state index in [-0.39, 0.29) is 0 Å². The minimum atomic E-state index is 0.725. The molecule has 0 bridgehead atoms. The van der Waals surface area contributed by atoms with Crippen molar-refractivity contribution in [3.05, 3.63) is 35.4 Å². The van der Waals surface area contributed by atoms with Gasteiger partial charge in [0.25, 0.3) is 0 Å². The van der Waals surface area contributed by atoms with Crippen molar-refractivity contribution in [1.82, 2.24) is 0 Å². The predicted octanol–water partition coefficient (Wildman–Crippen LogP) is 4.74. The highest BCUT2D eigenvalue weighted by atomic mass is 79.9. The molecule has 0 radical (unpaired) electrons. The summed E-state index contributed by atoms with van der Waals surface area (Å²) in [6, 6.07) is 8.81. The van der Waals surface area contributed by atoms with Gasteiger partial charge in [0.05, 0.1) is 0 Å². The molecule has 1 aromatic rings. The number of aryl methyl sites for hydroxylation is 1. The van der Waals surface area contributed by atoms with E-state index in [4.69, 9.17) is 0 Å². The number of benzene rings is 1. The van der Waals surface area contributed by atoms with Crippen LogP contribution in [0.4, 0.5) is 0 Å². The molecule has 0 aromatic heterocycles. The van der Waals surface area contributed by atoms with Crippen LogP contribution in [0.1, 0.15) is 37.3 Å². The third kappa shape index (κ3) is 2.88. The van der Waals surface area contributed by atoms with E-state index < -0.39 is 0 Å². The lowest BCUT2D eigenvalue weighted by atomic mass is 9.79. The van der Waals surface area contributed by atoms with Gasteiger partial charge in [0.1, 0.15) is 0 Å². The molecule has 1 aliphatic rings. The van der Waals surface area contributed by atoms with Crippen molar-refractivity contribution in [3.63, 3.8) is 0 Å². The topological polar surface area (TPSA) is 0 Å². The van der Waals surface area contributed by atoms with E-state index in [1.165, 1.54) is 36.8 Å². The molecule has 1 aliphatic carbocycles. The summed E-state index contributed by atoms with van der Waals surface area (Å²) >= 11 is 3.86. The van der Waals surface area contributed by atoms with E-state index >= 15 is 0 Å². The predicted molar refractivity (Wildman–Crippen MR) is 74.1 cm³/mol. The van der Waals surface area contributed by atoms with Gasteiger partial charge >= 0.3 is 0 Å². The molecule has 0 nitrogen and oxygen atoms in total. The molecular formula is C15H21Br. The smallest absolute Gasteiger partial charge is 0.0177 e. The third-order valence-corrected chi connectivity index (χ3v) is 5.10. The number of alkyl halides is 1. The van der Waals surface area contributed by atoms with Gasteiger partial charge < -0.3 is 0 Å². The summed E-state index contributed by atoms with van der Waals surface area (Å²) in [5.41, 5.74) is 2.98. The second-order valence-corrected chi connectivity index (χ2v) is 6.50. The number of hydrogen-bond acceptors (Lipinski definition) is 0. The Labute approximate surface area is 108 Å². The molecule has 0 N–H and O–H groups in total. The molecular weight excluding hydrogens is 260 g/mol. The molecule has 1 saturated carbocycles.